The SMILES string of the molecule is CCNC1CC(CC)CN(C2CCC2C)C1. The smallest absolute Gasteiger partial charge is 0.0198 e. The lowest BCUT2D eigenvalue weighted by Crippen LogP contribution is -2.56. The maximum atomic E-state index is 3.65. The molecule has 2 nitrogen and oxygen atoms in total. The van der Waals surface area contributed by atoms with Crippen LogP contribution in [-0.2, 0) is 0 Å². The number of hydrogen-bond donors (Lipinski definition) is 1. The Morgan fingerprint density at radius 2 is 2.00 bits per heavy atom. The highest BCUT2D eigenvalue weighted by Gasteiger charge is 2.36. The molecule has 1 N–H and O–H groups in total. The topological polar surface area (TPSA) is 15.3 Å². The molecule has 4 atom stereocenters. The number of nitrogens with one attached hydrogen (secondary N) is 1. The second kappa shape index (κ2) is 5.50. The van der Waals surface area contributed by atoms with Gasteiger partial charge >= 0.3 is 0 Å². The van der Waals surface area contributed by atoms with Gasteiger partial charge in [0.15, 0.2) is 0 Å². The molecule has 16 heavy (non-hydrogen) atoms. The molecule has 1 aliphatic heterocycles. The minimum absolute atomic E-state index is 0.747. The van der Waals surface area contributed by atoms with Gasteiger partial charge in [0.25, 0.3) is 0 Å². The van der Waals surface area contributed by atoms with Crippen molar-refractivity contribution in [1.29, 1.82) is 0 Å². The van der Waals surface area contributed by atoms with Crippen LogP contribution in [0.3, 0.4) is 0 Å². The summed E-state index contributed by atoms with van der Waals surface area (Å²) in [6.45, 7) is 10.8. The van der Waals surface area contributed by atoms with Gasteiger partial charge in [-0.2, -0.15) is 0 Å². The van der Waals surface area contributed by atoms with Crippen molar-refractivity contribution in [3.63, 3.8) is 0 Å². The molecular weight excluding hydrogens is 196 g/mol. The minimum atomic E-state index is 0.747. The molecule has 0 amide bonds. The molecule has 0 radical (unpaired) electrons. The van der Waals surface area contributed by atoms with E-state index >= 15 is 0 Å². The standard InChI is InChI=1S/C14H28N2/c1-4-12-8-13(15-5-2)10-16(9-12)14-7-6-11(14)3/h11-15H,4-10H2,1-3H3. The zero-order chi connectivity index (χ0) is 11.5. The Hall–Kier alpha value is -0.0800. The van der Waals surface area contributed by atoms with E-state index in [4.69, 9.17) is 0 Å². The van der Waals surface area contributed by atoms with Crippen LogP contribution in [0.2, 0.25) is 0 Å². The number of rotatable bonds is 4. The third-order valence-electron chi connectivity index (χ3n) is 4.68. The Morgan fingerprint density at radius 3 is 2.50 bits per heavy atom. The zero-order valence-corrected chi connectivity index (χ0v) is 11.2. The van der Waals surface area contributed by atoms with E-state index in [9.17, 15) is 0 Å². The van der Waals surface area contributed by atoms with Crippen LogP contribution < -0.4 is 5.32 Å². The molecule has 2 heteroatoms. The predicted molar refractivity (Wildman–Crippen MR) is 69.6 cm³/mol. The molecule has 0 aromatic rings. The highest BCUT2D eigenvalue weighted by molar-refractivity contribution is 4.92. The van der Waals surface area contributed by atoms with Crippen LogP contribution in [0.25, 0.3) is 0 Å². The Kier molecular flexibility index (Phi) is 4.26. The lowest BCUT2D eigenvalue weighted by molar-refractivity contribution is 0.0225. The summed E-state index contributed by atoms with van der Waals surface area (Å²) < 4.78 is 0. The van der Waals surface area contributed by atoms with Gasteiger partial charge in [-0.15, -0.1) is 0 Å². The van der Waals surface area contributed by atoms with E-state index in [0.29, 0.717) is 0 Å². The first kappa shape index (κ1) is 12.4. The van der Waals surface area contributed by atoms with Crippen LogP contribution in [0.15, 0.2) is 0 Å². The van der Waals surface area contributed by atoms with E-state index in [2.05, 4.69) is 31.0 Å². The van der Waals surface area contributed by atoms with Crippen molar-refractivity contribution in [2.45, 2.75) is 58.5 Å². The van der Waals surface area contributed by atoms with E-state index < -0.39 is 0 Å². The second-order valence-corrected chi connectivity index (χ2v) is 5.84. The first-order chi connectivity index (χ1) is 7.74. The molecule has 2 aliphatic rings. The lowest BCUT2D eigenvalue weighted by atomic mass is 9.78. The van der Waals surface area contributed by atoms with E-state index in [0.717, 1.165) is 30.5 Å². The second-order valence-electron chi connectivity index (χ2n) is 5.84. The molecule has 2 fully saturated rings. The van der Waals surface area contributed by atoms with Gasteiger partial charge in [0.2, 0.25) is 0 Å². The zero-order valence-electron chi connectivity index (χ0n) is 11.2. The van der Waals surface area contributed by atoms with Crippen LogP contribution in [0.1, 0.15) is 46.5 Å². The Bertz CT molecular complexity index is 217. The van der Waals surface area contributed by atoms with Crippen molar-refractivity contribution in [3.8, 4) is 0 Å². The van der Waals surface area contributed by atoms with Gasteiger partial charge in [-0.05, 0) is 37.6 Å². The third kappa shape index (κ3) is 2.60. The molecule has 1 heterocycles. The number of likely N-dealkylation sites (tertiary alicyclic amines) is 1. The van der Waals surface area contributed by atoms with Crippen LogP contribution >= 0.6 is 0 Å². The summed E-state index contributed by atoms with van der Waals surface area (Å²) in [6.07, 6.45) is 5.63. The lowest BCUT2D eigenvalue weighted by Gasteiger charge is -2.48. The molecule has 1 saturated carbocycles. The van der Waals surface area contributed by atoms with Crippen LogP contribution in [0, 0.1) is 11.8 Å². The van der Waals surface area contributed by atoms with Crippen molar-refractivity contribution in [2.75, 3.05) is 19.6 Å². The van der Waals surface area contributed by atoms with E-state index in [1.54, 1.807) is 0 Å². The molecule has 0 aromatic heterocycles. The highest BCUT2D eigenvalue weighted by Crippen LogP contribution is 2.34. The molecular formula is C14H28N2. The molecule has 0 bridgehead atoms. The normalized spacial score (nSPS) is 40.7. The maximum Gasteiger partial charge on any atom is 0.0198 e. The Labute approximate surface area is 101 Å². The van der Waals surface area contributed by atoms with Crippen LogP contribution in [0.5, 0.6) is 0 Å². The van der Waals surface area contributed by atoms with Crippen molar-refractivity contribution in [2.24, 2.45) is 11.8 Å². The summed E-state index contributed by atoms with van der Waals surface area (Å²) in [4.78, 5) is 2.78. The van der Waals surface area contributed by atoms with Crippen molar-refractivity contribution >= 4 is 0 Å². The Balaban J connectivity index is 1.91. The predicted octanol–water partition coefficient (Wildman–Crippen LogP) is 2.49. The summed E-state index contributed by atoms with van der Waals surface area (Å²) in [5.41, 5.74) is 0. The summed E-state index contributed by atoms with van der Waals surface area (Å²) >= 11 is 0. The van der Waals surface area contributed by atoms with Gasteiger partial charge in [-0.1, -0.05) is 27.2 Å². The quantitative estimate of drug-likeness (QED) is 0.789. The van der Waals surface area contributed by atoms with Gasteiger partial charge < -0.3 is 5.32 Å². The molecule has 0 spiro atoms. The van der Waals surface area contributed by atoms with Crippen molar-refractivity contribution in [3.05, 3.63) is 0 Å². The molecule has 0 aromatic carbocycles. The number of piperidine rings is 1. The number of nitrogens with zero attached hydrogens (tertiary/aromatic N) is 1. The molecule has 4 unspecified atom stereocenters. The van der Waals surface area contributed by atoms with Crippen molar-refractivity contribution < 1.29 is 0 Å². The third-order valence-corrected chi connectivity index (χ3v) is 4.68. The average molecular weight is 224 g/mol. The van der Waals surface area contributed by atoms with Gasteiger partial charge in [0.1, 0.15) is 0 Å². The summed E-state index contributed by atoms with van der Waals surface area (Å²) in [5, 5.41) is 3.65. The molecule has 1 aliphatic carbocycles. The first-order valence-corrected chi connectivity index (χ1v) is 7.22. The van der Waals surface area contributed by atoms with Crippen LogP contribution in [0.4, 0.5) is 0 Å². The fraction of sp³-hybridized carbons (Fsp3) is 1.00. The van der Waals surface area contributed by atoms with E-state index in [1.807, 2.05) is 0 Å². The largest absolute Gasteiger partial charge is 0.313 e. The van der Waals surface area contributed by atoms with E-state index in [-0.39, 0.29) is 0 Å². The fourth-order valence-electron chi connectivity index (χ4n) is 3.44. The summed E-state index contributed by atoms with van der Waals surface area (Å²) in [6, 6.07) is 1.65. The first-order valence-electron chi connectivity index (χ1n) is 7.22. The summed E-state index contributed by atoms with van der Waals surface area (Å²) in [7, 11) is 0. The van der Waals surface area contributed by atoms with E-state index in [1.165, 1.54) is 38.8 Å². The molecule has 2 rings (SSSR count). The summed E-state index contributed by atoms with van der Waals surface area (Å²) in [5.74, 6) is 1.86. The monoisotopic (exact) mass is 224 g/mol. The molecule has 1 saturated heterocycles. The van der Waals surface area contributed by atoms with Crippen LogP contribution in [-0.4, -0.2) is 36.6 Å². The van der Waals surface area contributed by atoms with Gasteiger partial charge in [0.05, 0.1) is 0 Å². The average Bonchev–Trinajstić information content (AvgIpc) is 2.27. The van der Waals surface area contributed by atoms with Gasteiger partial charge in [0, 0.05) is 25.2 Å². The fourth-order valence-corrected chi connectivity index (χ4v) is 3.44. The van der Waals surface area contributed by atoms with Gasteiger partial charge in [-0.25, -0.2) is 0 Å². The highest BCUT2D eigenvalue weighted by atomic mass is 15.2. The van der Waals surface area contributed by atoms with Gasteiger partial charge in [-0.3, -0.25) is 4.90 Å². The maximum absolute atomic E-state index is 3.65. The molecule has 94 valence electrons. The minimum Gasteiger partial charge on any atom is -0.313 e. The Morgan fingerprint density at radius 1 is 1.19 bits per heavy atom. The van der Waals surface area contributed by atoms with Crippen molar-refractivity contribution in [1.82, 2.24) is 10.2 Å². The number of hydrogen-bond acceptors (Lipinski definition) is 2. The number of likely N-dealkylation sites (N-methyl/N-ethyl adjacent to an activating group) is 1.